The smallest absolute Gasteiger partial charge is 0.260 e. The first-order valence-electron chi connectivity index (χ1n) is 6.00. The monoisotopic (exact) mass is 263 g/mol. The van der Waals surface area contributed by atoms with E-state index < -0.39 is 0 Å². The Kier molecular flexibility index (Phi) is 4.35. The molecule has 2 rings (SSSR count). The number of aryl methyl sites for hydroxylation is 1. The van der Waals surface area contributed by atoms with Crippen LogP contribution >= 0.6 is 0 Å². The fourth-order valence-electron chi connectivity index (χ4n) is 1.69. The molecule has 6 nitrogen and oxygen atoms in total. The van der Waals surface area contributed by atoms with Gasteiger partial charge in [-0.15, -0.1) is 0 Å². The minimum absolute atomic E-state index is 0.406. The number of ether oxygens (including phenoxy) is 2. The predicted molar refractivity (Wildman–Crippen MR) is 70.9 cm³/mol. The van der Waals surface area contributed by atoms with Crippen LogP contribution in [0.15, 0.2) is 22.7 Å². The molecule has 0 fully saturated rings. The molecule has 6 heteroatoms. The van der Waals surface area contributed by atoms with Gasteiger partial charge in [0.1, 0.15) is 5.75 Å². The Morgan fingerprint density at radius 2 is 2.16 bits per heavy atom. The van der Waals surface area contributed by atoms with Crippen LogP contribution < -0.4 is 10.5 Å². The van der Waals surface area contributed by atoms with Gasteiger partial charge in [0, 0.05) is 25.8 Å². The molecule has 0 radical (unpaired) electrons. The van der Waals surface area contributed by atoms with Gasteiger partial charge in [-0.25, -0.2) is 0 Å². The molecule has 102 valence electrons. The standard InChI is InChI=1S/C13H17N3O3/c1-17-7-3-4-12-15-13(19-16-12)10-8-9(18-2)5-6-11(10)14/h5-6,8H,3-4,7,14H2,1-2H3. The normalized spacial score (nSPS) is 10.6. The number of hydrogen-bond donors (Lipinski definition) is 1. The molecular formula is C13H17N3O3. The van der Waals surface area contributed by atoms with Gasteiger partial charge < -0.3 is 19.7 Å². The minimum Gasteiger partial charge on any atom is -0.497 e. The summed E-state index contributed by atoms with van der Waals surface area (Å²) >= 11 is 0. The van der Waals surface area contributed by atoms with Crippen LogP contribution in [0.3, 0.4) is 0 Å². The molecule has 0 bridgehead atoms. The molecular weight excluding hydrogens is 246 g/mol. The Labute approximate surface area is 111 Å². The van der Waals surface area contributed by atoms with E-state index in [1.165, 1.54) is 0 Å². The van der Waals surface area contributed by atoms with Crippen molar-refractivity contribution in [3.05, 3.63) is 24.0 Å². The van der Waals surface area contributed by atoms with E-state index in [0.29, 0.717) is 41.7 Å². The van der Waals surface area contributed by atoms with Gasteiger partial charge in [-0.1, -0.05) is 5.16 Å². The Hall–Kier alpha value is -2.08. The highest BCUT2D eigenvalue weighted by atomic mass is 16.5. The van der Waals surface area contributed by atoms with Crippen molar-refractivity contribution in [1.82, 2.24) is 10.1 Å². The summed E-state index contributed by atoms with van der Waals surface area (Å²) in [5, 5.41) is 3.92. The third-order valence-electron chi connectivity index (χ3n) is 2.71. The van der Waals surface area contributed by atoms with E-state index in [0.717, 1.165) is 6.42 Å². The minimum atomic E-state index is 0.406. The molecule has 1 aromatic heterocycles. The topological polar surface area (TPSA) is 83.4 Å². The summed E-state index contributed by atoms with van der Waals surface area (Å²) in [7, 11) is 3.26. The van der Waals surface area contributed by atoms with Crippen LogP contribution in [0.1, 0.15) is 12.2 Å². The average Bonchev–Trinajstić information content (AvgIpc) is 2.88. The van der Waals surface area contributed by atoms with Gasteiger partial charge in [0.2, 0.25) is 0 Å². The third-order valence-corrected chi connectivity index (χ3v) is 2.71. The quantitative estimate of drug-likeness (QED) is 0.633. The van der Waals surface area contributed by atoms with E-state index in [2.05, 4.69) is 10.1 Å². The SMILES string of the molecule is COCCCc1noc(-c2cc(OC)ccc2N)n1. The number of nitrogens with two attached hydrogens (primary N) is 1. The van der Waals surface area contributed by atoms with Crippen LogP contribution in [0, 0.1) is 0 Å². The van der Waals surface area contributed by atoms with Gasteiger partial charge in [-0.3, -0.25) is 0 Å². The van der Waals surface area contributed by atoms with E-state index in [9.17, 15) is 0 Å². The molecule has 1 heterocycles. The zero-order chi connectivity index (χ0) is 13.7. The summed E-state index contributed by atoms with van der Waals surface area (Å²) in [6.45, 7) is 0.672. The van der Waals surface area contributed by atoms with Crippen LogP contribution in [0.4, 0.5) is 5.69 Å². The zero-order valence-electron chi connectivity index (χ0n) is 11.0. The molecule has 0 spiro atoms. The van der Waals surface area contributed by atoms with Gasteiger partial charge in [0.15, 0.2) is 5.82 Å². The second kappa shape index (κ2) is 6.19. The maximum Gasteiger partial charge on any atom is 0.260 e. The van der Waals surface area contributed by atoms with Crippen LogP contribution in [0.25, 0.3) is 11.5 Å². The lowest BCUT2D eigenvalue weighted by Gasteiger charge is -2.03. The van der Waals surface area contributed by atoms with Crippen molar-refractivity contribution in [2.75, 3.05) is 26.6 Å². The Morgan fingerprint density at radius 1 is 1.32 bits per heavy atom. The van der Waals surface area contributed by atoms with E-state index in [-0.39, 0.29) is 0 Å². The van der Waals surface area contributed by atoms with Crippen molar-refractivity contribution in [3.63, 3.8) is 0 Å². The summed E-state index contributed by atoms with van der Waals surface area (Å²) in [5.74, 6) is 1.75. The van der Waals surface area contributed by atoms with Crippen molar-refractivity contribution in [1.29, 1.82) is 0 Å². The Balaban J connectivity index is 2.17. The molecule has 2 N–H and O–H groups in total. The highest BCUT2D eigenvalue weighted by Gasteiger charge is 2.12. The van der Waals surface area contributed by atoms with E-state index >= 15 is 0 Å². The van der Waals surface area contributed by atoms with Crippen LogP contribution in [0.2, 0.25) is 0 Å². The van der Waals surface area contributed by atoms with Crippen LogP contribution in [-0.2, 0) is 11.2 Å². The molecule has 19 heavy (non-hydrogen) atoms. The Morgan fingerprint density at radius 3 is 2.89 bits per heavy atom. The molecule has 0 amide bonds. The molecule has 2 aromatic rings. The lowest BCUT2D eigenvalue weighted by Crippen LogP contribution is -1.95. The molecule has 0 aliphatic heterocycles. The number of nitrogens with zero attached hydrogens (tertiary/aromatic N) is 2. The number of rotatable bonds is 6. The van der Waals surface area contributed by atoms with Crippen LogP contribution in [-0.4, -0.2) is 31.0 Å². The van der Waals surface area contributed by atoms with Gasteiger partial charge in [-0.05, 0) is 24.6 Å². The second-order valence-corrected chi connectivity index (χ2v) is 4.07. The maximum absolute atomic E-state index is 5.90. The summed E-state index contributed by atoms with van der Waals surface area (Å²) in [4.78, 5) is 4.32. The number of aromatic nitrogens is 2. The van der Waals surface area contributed by atoms with Crippen LogP contribution in [0.5, 0.6) is 5.75 Å². The van der Waals surface area contributed by atoms with Crippen molar-refractivity contribution < 1.29 is 14.0 Å². The molecule has 0 unspecified atom stereocenters. The number of benzene rings is 1. The third kappa shape index (κ3) is 3.23. The van der Waals surface area contributed by atoms with E-state index in [4.69, 9.17) is 19.7 Å². The molecule has 0 saturated heterocycles. The van der Waals surface area contributed by atoms with Crippen molar-refractivity contribution in [3.8, 4) is 17.2 Å². The summed E-state index contributed by atoms with van der Waals surface area (Å²) in [6, 6.07) is 5.32. The largest absolute Gasteiger partial charge is 0.497 e. The number of hydrogen-bond acceptors (Lipinski definition) is 6. The van der Waals surface area contributed by atoms with E-state index in [1.807, 2.05) is 0 Å². The first-order valence-corrected chi connectivity index (χ1v) is 6.00. The highest BCUT2D eigenvalue weighted by Crippen LogP contribution is 2.28. The average molecular weight is 263 g/mol. The Bertz CT molecular complexity index is 540. The second-order valence-electron chi connectivity index (χ2n) is 4.07. The number of nitrogen functional groups attached to an aromatic ring is 1. The molecule has 1 aromatic carbocycles. The molecule has 0 atom stereocenters. The first-order chi connectivity index (χ1) is 9.24. The zero-order valence-corrected chi connectivity index (χ0v) is 11.0. The fourth-order valence-corrected chi connectivity index (χ4v) is 1.69. The van der Waals surface area contributed by atoms with Crippen molar-refractivity contribution in [2.45, 2.75) is 12.8 Å². The maximum atomic E-state index is 5.90. The fraction of sp³-hybridized carbons (Fsp3) is 0.385. The predicted octanol–water partition coefficient (Wildman–Crippen LogP) is 1.91. The van der Waals surface area contributed by atoms with Crippen molar-refractivity contribution in [2.24, 2.45) is 0 Å². The van der Waals surface area contributed by atoms with Gasteiger partial charge >= 0.3 is 0 Å². The summed E-state index contributed by atoms with van der Waals surface area (Å²) in [6.07, 6.45) is 1.56. The summed E-state index contributed by atoms with van der Waals surface area (Å²) < 4.78 is 15.4. The lowest BCUT2D eigenvalue weighted by atomic mass is 10.1. The highest BCUT2D eigenvalue weighted by molar-refractivity contribution is 5.72. The van der Waals surface area contributed by atoms with Gasteiger partial charge in [-0.2, -0.15) is 4.98 Å². The first kappa shape index (κ1) is 13.4. The van der Waals surface area contributed by atoms with Gasteiger partial charge in [0.25, 0.3) is 5.89 Å². The van der Waals surface area contributed by atoms with Crippen molar-refractivity contribution >= 4 is 5.69 Å². The summed E-state index contributed by atoms with van der Waals surface area (Å²) in [5.41, 5.74) is 7.17. The van der Waals surface area contributed by atoms with E-state index in [1.54, 1.807) is 32.4 Å². The lowest BCUT2D eigenvalue weighted by molar-refractivity contribution is 0.194. The molecule has 0 aliphatic carbocycles. The van der Waals surface area contributed by atoms with Gasteiger partial charge in [0.05, 0.1) is 12.7 Å². The number of anilines is 1. The molecule has 0 saturated carbocycles. The number of methoxy groups -OCH3 is 2. The molecule has 0 aliphatic rings.